The monoisotopic (exact) mass is 242 g/mol. The number of aliphatic hydroxyl groups is 1. The highest BCUT2D eigenvalue weighted by Crippen LogP contribution is 2.19. The molecule has 2 atom stereocenters. The highest BCUT2D eigenvalue weighted by molar-refractivity contribution is 4.77. The summed E-state index contributed by atoms with van der Waals surface area (Å²) in [4.78, 5) is 0. The molecule has 1 rings (SSSR count). The normalized spacial score (nSPS) is 20.5. The molecule has 0 aromatic heterocycles. The summed E-state index contributed by atoms with van der Waals surface area (Å²) < 4.78 is 5.06. The number of unbranched alkanes of at least 4 members (excludes halogenated alkanes) is 9. The van der Waals surface area contributed by atoms with Crippen molar-refractivity contribution >= 4 is 0 Å². The number of rotatable bonds is 12. The Bertz CT molecular complexity index is 166. The molecule has 0 spiro atoms. The lowest BCUT2D eigenvalue weighted by molar-refractivity contribution is 0.123. The second kappa shape index (κ2) is 9.90. The Morgan fingerprint density at radius 2 is 1.41 bits per heavy atom. The Morgan fingerprint density at radius 3 is 1.88 bits per heavy atom. The molecule has 1 aliphatic rings. The molecule has 0 saturated carbocycles. The quantitative estimate of drug-likeness (QED) is 0.413. The van der Waals surface area contributed by atoms with Gasteiger partial charge in [-0.1, -0.05) is 71.1 Å². The lowest BCUT2D eigenvalue weighted by Crippen LogP contribution is -2.13. The summed E-state index contributed by atoms with van der Waals surface area (Å²) in [5.74, 6) is 0. The standard InChI is InChI=1S/C15H30O2/c1-2-3-4-5-6-7-8-9-10-11-12-14(16)15-13-17-15/h14-16H,2-13H2,1H3. The van der Waals surface area contributed by atoms with Crippen LogP contribution in [0.15, 0.2) is 0 Å². The van der Waals surface area contributed by atoms with Gasteiger partial charge in [-0.15, -0.1) is 0 Å². The van der Waals surface area contributed by atoms with Gasteiger partial charge in [-0.05, 0) is 6.42 Å². The molecule has 102 valence electrons. The summed E-state index contributed by atoms with van der Waals surface area (Å²) in [6.07, 6.45) is 14.5. The molecule has 0 radical (unpaired) electrons. The van der Waals surface area contributed by atoms with Crippen LogP contribution >= 0.6 is 0 Å². The molecule has 0 bridgehead atoms. The SMILES string of the molecule is CCCCCCCCCCCCC(O)C1CO1. The van der Waals surface area contributed by atoms with Crippen LogP contribution in [0.4, 0.5) is 0 Å². The first-order chi connectivity index (χ1) is 8.34. The maximum absolute atomic E-state index is 9.59. The van der Waals surface area contributed by atoms with Gasteiger partial charge in [0.25, 0.3) is 0 Å². The van der Waals surface area contributed by atoms with Gasteiger partial charge in [0.2, 0.25) is 0 Å². The van der Waals surface area contributed by atoms with Crippen LogP contribution in [0, 0.1) is 0 Å². The van der Waals surface area contributed by atoms with Crippen LogP contribution in [0.1, 0.15) is 77.6 Å². The summed E-state index contributed by atoms with van der Waals surface area (Å²) >= 11 is 0. The van der Waals surface area contributed by atoms with Crippen molar-refractivity contribution in [1.29, 1.82) is 0 Å². The fourth-order valence-electron chi connectivity index (χ4n) is 2.30. The number of aliphatic hydroxyl groups excluding tert-OH is 1. The minimum atomic E-state index is -0.191. The summed E-state index contributed by atoms with van der Waals surface area (Å²) in [6.45, 7) is 3.04. The summed E-state index contributed by atoms with van der Waals surface area (Å²) in [7, 11) is 0. The molecule has 2 heteroatoms. The average molecular weight is 242 g/mol. The first-order valence-electron chi connectivity index (χ1n) is 7.64. The maximum Gasteiger partial charge on any atom is 0.107 e. The van der Waals surface area contributed by atoms with Gasteiger partial charge >= 0.3 is 0 Å². The fourth-order valence-corrected chi connectivity index (χ4v) is 2.30. The van der Waals surface area contributed by atoms with Gasteiger partial charge in [0.05, 0.1) is 12.7 Å². The molecular formula is C15H30O2. The average Bonchev–Trinajstić information content (AvgIpc) is 3.15. The number of epoxide rings is 1. The molecule has 0 amide bonds. The van der Waals surface area contributed by atoms with Crippen molar-refractivity contribution in [2.24, 2.45) is 0 Å². The maximum atomic E-state index is 9.59. The molecule has 1 saturated heterocycles. The third-order valence-electron chi connectivity index (χ3n) is 3.64. The zero-order valence-corrected chi connectivity index (χ0v) is 11.5. The smallest absolute Gasteiger partial charge is 0.107 e. The topological polar surface area (TPSA) is 32.8 Å². The van der Waals surface area contributed by atoms with Gasteiger partial charge < -0.3 is 9.84 Å². The second-order valence-electron chi connectivity index (χ2n) is 5.41. The minimum absolute atomic E-state index is 0.175. The number of hydrogen-bond acceptors (Lipinski definition) is 2. The molecule has 1 N–H and O–H groups in total. The first kappa shape index (κ1) is 15.0. The van der Waals surface area contributed by atoms with Gasteiger partial charge in [-0.25, -0.2) is 0 Å². The third-order valence-corrected chi connectivity index (χ3v) is 3.64. The van der Waals surface area contributed by atoms with Crippen molar-refractivity contribution in [3.63, 3.8) is 0 Å². The van der Waals surface area contributed by atoms with E-state index in [2.05, 4.69) is 6.92 Å². The van der Waals surface area contributed by atoms with Gasteiger partial charge in [-0.3, -0.25) is 0 Å². The van der Waals surface area contributed by atoms with E-state index in [0.717, 1.165) is 19.4 Å². The van der Waals surface area contributed by atoms with Crippen LogP contribution in [-0.4, -0.2) is 23.9 Å². The molecule has 0 aromatic carbocycles. The zero-order valence-electron chi connectivity index (χ0n) is 11.5. The number of hydrogen-bond donors (Lipinski definition) is 1. The Hall–Kier alpha value is -0.0800. The summed E-state index contributed by atoms with van der Waals surface area (Å²) in [5, 5.41) is 9.59. The third kappa shape index (κ3) is 8.62. The van der Waals surface area contributed by atoms with Gasteiger partial charge in [0.15, 0.2) is 0 Å². The van der Waals surface area contributed by atoms with E-state index in [-0.39, 0.29) is 12.2 Å². The van der Waals surface area contributed by atoms with Crippen molar-refractivity contribution in [3.8, 4) is 0 Å². The van der Waals surface area contributed by atoms with Crippen LogP contribution < -0.4 is 0 Å². The lowest BCUT2D eigenvalue weighted by atomic mass is 10.0. The highest BCUT2D eigenvalue weighted by atomic mass is 16.6. The summed E-state index contributed by atoms with van der Waals surface area (Å²) in [6, 6.07) is 0. The van der Waals surface area contributed by atoms with Gasteiger partial charge in [0, 0.05) is 0 Å². The van der Waals surface area contributed by atoms with Crippen molar-refractivity contribution < 1.29 is 9.84 Å². The second-order valence-corrected chi connectivity index (χ2v) is 5.41. The van der Waals surface area contributed by atoms with E-state index in [4.69, 9.17) is 4.74 Å². The van der Waals surface area contributed by atoms with E-state index in [9.17, 15) is 5.11 Å². The fraction of sp³-hybridized carbons (Fsp3) is 1.00. The first-order valence-corrected chi connectivity index (χ1v) is 7.64. The highest BCUT2D eigenvalue weighted by Gasteiger charge is 2.30. The van der Waals surface area contributed by atoms with E-state index in [1.165, 1.54) is 57.8 Å². The van der Waals surface area contributed by atoms with E-state index in [0.29, 0.717) is 0 Å². The predicted octanol–water partition coefficient (Wildman–Crippen LogP) is 4.06. The molecular weight excluding hydrogens is 212 g/mol. The van der Waals surface area contributed by atoms with E-state index in [1.807, 2.05) is 0 Å². The van der Waals surface area contributed by atoms with Crippen LogP contribution in [-0.2, 0) is 4.74 Å². The molecule has 1 aliphatic heterocycles. The Kier molecular flexibility index (Phi) is 8.72. The molecule has 2 nitrogen and oxygen atoms in total. The summed E-state index contributed by atoms with van der Waals surface area (Å²) in [5.41, 5.74) is 0. The Labute approximate surface area is 107 Å². The predicted molar refractivity (Wildman–Crippen MR) is 72.2 cm³/mol. The molecule has 17 heavy (non-hydrogen) atoms. The van der Waals surface area contributed by atoms with E-state index >= 15 is 0 Å². The van der Waals surface area contributed by atoms with Crippen LogP contribution in [0.25, 0.3) is 0 Å². The largest absolute Gasteiger partial charge is 0.390 e. The molecule has 1 heterocycles. The molecule has 0 aliphatic carbocycles. The molecule has 1 fully saturated rings. The Balaban J connectivity index is 1.69. The van der Waals surface area contributed by atoms with Crippen molar-refractivity contribution in [2.75, 3.05) is 6.61 Å². The Morgan fingerprint density at radius 1 is 0.941 bits per heavy atom. The van der Waals surface area contributed by atoms with E-state index < -0.39 is 0 Å². The van der Waals surface area contributed by atoms with Crippen molar-refractivity contribution in [3.05, 3.63) is 0 Å². The molecule has 0 aromatic rings. The van der Waals surface area contributed by atoms with Gasteiger partial charge in [0.1, 0.15) is 6.10 Å². The van der Waals surface area contributed by atoms with Crippen molar-refractivity contribution in [1.82, 2.24) is 0 Å². The zero-order chi connectivity index (χ0) is 12.3. The number of ether oxygens (including phenoxy) is 1. The van der Waals surface area contributed by atoms with Crippen LogP contribution in [0.3, 0.4) is 0 Å². The lowest BCUT2D eigenvalue weighted by Gasteiger charge is -2.06. The molecule has 2 unspecified atom stereocenters. The van der Waals surface area contributed by atoms with Crippen LogP contribution in [0.2, 0.25) is 0 Å². The van der Waals surface area contributed by atoms with Crippen molar-refractivity contribution in [2.45, 2.75) is 89.8 Å². The van der Waals surface area contributed by atoms with E-state index in [1.54, 1.807) is 0 Å². The van der Waals surface area contributed by atoms with Crippen LogP contribution in [0.5, 0.6) is 0 Å². The van der Waals surface area contributed by atoms with Gasteiger partial charge in [-0.2, -0.15) is 0 Å². The minimum Gasteiger partial charge on any atom is -0.390 e.